The van der Waals surface area contributed by atoms with E-state index >= 15 is 0 Å². The molecule has 0 fully saturated rings. The molecule has 0 aromatic heterocycles. The van der Waals surface area contributed by atoms with Crippen LogP contribution in [0.5, 0.6) is 5.75 Å². The minimum Gasteiger partial charge on any atom is -0.491 e. The smallest absolute Gasteiger partial charge is 0.460 e. The molecular formula is C37H47F17O5Si. The molecule has 0 unspecified atom stereocenters. The number of hydrogen-bond donors (Lipinski definition) is 1. The van der Waals surface area contributed by atoms with Crippen LogP contribution in [0.2, 0.25) is 17.1 Å². The third-order valence-corrected chi connectivity index (χ3v) is 15.5. The molecule has 0 heterocycles. The number of aliphatic hydroxyl groups excluding tert-OH is 1. The van der Waals surface area contributed by atoms with Gasteiger partial charge in [-0.1, -0.05) is 58.9 Å². The van der Waals surface area contributed by atoms with Gasteiger partial charge in [0.1, 0.15) is 12.4 Å². The van der Waals surface area contributed by atoms with Gasteiger partial charge in [-0.3, -0.25) is 0 Å². The van der Waals surface area contributed by atoms with Gasteiger partial charge < -0.3 is 19.0 Å². The Balaban J connectivity index is 3.10. The van der Waals surface area contributed by atoms with Crippen molar-refractivity contribution >= 4 is 14.3 Å². The molecule has 0 saturated heterocycles. The van der Waals surface area contributed by atoms with E-state index in [1.165, 1.54) is 58.0 Å². The number of carbonyl (C=O) groups is 1. The van der Waals surface area contributed by atoms with Crippen LogP contribution in [0.4, 0.5) is 74.6 Å². The number of ether oxygens (including phenoxy) is 2. The van der Waals surface area contributed by atoms with Crippen molar-refractivity contribution in [2.75, 3.05) is 19.8 Å². The average molecular weight is 923 g/mol. The van der Waals surface area contributed by atoms with Crippen LogP contribution in [0.25, 0.3) is 0 Å². The molecule has 23 heteroatoms. The van der Waals surface area contributed by atoms with Gasteiger partial charge in [0.05, 0.1) is 19.3 Å². The Morgan fingerprint density at radius 3 is 1.63 bits per heavy atom. The summed E-state index contributed by atoms with van der Waals surface area (Å²) in [5.74, 6) is -57.2. The highest BCUT2D eigenvalue weighted by Crippen LogP contribution is 2.64. The van der Waals surface area contributed by atoms with Crippen LogP contribution in [-0.2, 0) is 14.0 Å². The highest BCUT2D eigenvalue weighted by molar-refractivity contribution is 6.76. The molecule has 0 aliphatic heterocycles. The standard InChI is InChI=1S/C37H47F17O5Si/c1-8-57-28(55)21-24(6)11-9-10-12-25(7)29(56)26-13-15-27(16-14-26)58-18-19-59-60(22(2)3,23(4)5)20-17-30(38,39)31(40,41)32(42,43)33(44,45)34(46,47)35(48,49)36(50,51)37(52,53)54/h9,11,13-16,21-23,25,29,56H,8,10,12,17-20H2,1-7H3/b11-9+,24-21+/t25-,29+/m1/s1. The van der Waals surface area contributed by atoms with E-state index in [2.05, 4.69) is 0 Å². The first-order valence-corrected chi connectivity index (χ1v) is 20.5. The fourth-order valence-corrected chi connectivity index (χ4v) is 10.5. The predicted octanol–water partition coefficient (Wildman–Crippen LogP) is 12.8. The largest absolute Gasteiger partial charge is 0.491 e. The van der Waals surface area contributed by atoms with E-state index in [0.717, 1.165) is 0 Å². The summed E-state index contributed by atoms with van der Waals surface area (Å²) in [4.78, 5) is 11.5. The lowest BCUT2D eigenvalue weighted by atomic mass is 9.88. The van der Waals surface area contributed by atoms with Crippen molar-refractivity contribution < 1.29 is 98.4 Å². The number of aliphatic hydroxyl groups is 1. The molecule has 0 aliphatic carbocycles. The summed E-state index contributed by atoms with van der Waals surface area (Å²) in [5.41, 5.74) is -0.531. The summed E-state index contributed by atoms with van der Waals surface area (Å²) in [6.45, 7) is 9.92. The minimum atomic E-state index is -8.68. The molecule has 2 atom stereocenters. The first-order valence-electron chi connectivity index (χ1n) is 18.2. The van der Waals surface area contributed by atoms with E-state index in [-0.39, 0.29) is 24.9 Å². The van der Waals surface area contributed by atoms with Gasteiger partial charge in [-0.25, -0.2) is 4.79 Å². The van der Waals surface area contributed by atoms with E-state index in [1.54, 1.807) is 26.8 Å². The number of carbonyl (C=O) groups excluding carboxylic acids is 1. The zero-order valence-corrected chi connectivity index (χ0v) is 34.3. The van der Waals surface area contributed by atoms with E-state index in [0.29, 0.717) is 24.0 Å². The van der Waals surface area contributed by atoms with E-state index < -0.39 is 98.2 Å². The highest BCUT2D eigenvalue weighted by Gasteiger charge is 2.95. The topological polar surface area (TPSA) is 65.0 Å². The van der Waals surface area contributed by atoms with Gasteiger partial charge in [-0.05, 0) is 73.0 Å². The number of halogens is 17. The Labute approximate surface area is 336 Å². The van der Waals surface area contributed by atoms with Crippen LogP contribution < -0.4 is 4.74 Å². The van der Waals surface area contributed by atoms with Crippen LogP contribution in [0.1, 0.15) is 79.4 Å². The summed E-state index contributed by atoms with van der Waals surface area (Å²) < 4.78 is 251. The Morgan fingerprint density at radius 1 is 0.717 bits per heavy atom. The first kappa shape index (κ1) is 54.9. The molecule has 0 aliphatic rings. The molecule has 0 saturated carbocycles. The molecule has 0 radical (unpaired) electrons. The van der Waals surface area contributed by atoms with E-state index in [1.807, 2.05) is 6.08 Å². The molecule has 0 bridgehead atoms. The van der Waals surface area contributed by atoms with Gasteiger partial charge in [0, 0.05) is 12.5 Å². The SMILES string of the molecule is CCOC(=O)/C=C(C)/C=C/CC[C@@H](C)[C@H](O)c1ccc(OCCO[Si](CCC(F)(F)C(F)(F)C(F)(F)C(F)(F)C(F)(F)C(F)(F)C(F)(F)C(F)(F)F)(C(C)C)C(C)C)cc1. The lowest BCUT2D eigenvalue weighted by Crippen LogP contribution is -2.74. The van der Waals surface area contributed by atoms with Crippen LogP contribution in [0.15, 0.2) is 48.1 Å². The van der Waals surface area contributed by atoms with Gasteiger partial charge in [0.15, 0.2) is 8.32 Å². The van der Waals surface area contributed by atoms with Gasteiger partial charge in [-0.15, -0.1) is 0 Å². The quantitative estimate of drug-likeness (QED) is 0.0279. The fraction of sp³-hybridized carbons (Fsp3) is 0.703. The number of hydrogen-bond acceptors (Lipinski definition) is 5. The Morgan fingerprint density at radius 2 is 1.18 bits per heavy atom. The summed E-state index contributed by atoms with van der Waals surface area (Å²) in [6.07, 6.45) is -5.27. The third-order valence-electron chi connectivity index (χ3n) is 9.86. The second kappa shape index (κ2) is 20.0. The Hall–Kier alpha value is -3.08. The molecular weight excluding hydrogens is 875 g/mol. The number of rotatable bonds is 24. The minimum absolute atomic E-state index is 0.195. The van der Waals surface area contributed by atoms with E-state index in [9.17, 15) is 84.5 Å². The highest BCUT2D eigenvalue weighted by atomic mass is 28.4. The summed E-state index contributed by atoms with van der Waals surface area (Å²) in [7, 11) is -3.94. The average Bonchev–Trinajstić information content (AvgIpc) is 3.11. The van der Waals surface area contributed by atoms with Crippen LogP contribution in [0, 0.1) is 5.92 Å². The van der Waals surface area contributed by atoms with Crippen LogP contribution >= 0.6 is 0 Å². The van der Waals surface area contributed by atoms with Crippen LogP contribution in [-0.4, -0.2) is 86.8 Å². The van der Waals surface area contributed by atoms with Gasteiger partial charge in [0.25, 0.3) is 0 Å². The van der Waals surface area contributed by atoms with Crippen molar-refractivity contribution in [1.29, 1.82) is 0 Å². The maximum Gasteiger partial charge on any atom is 0.460 e. The normalized spacial score (nSPS) is 15.9. The number of allylic oxidation sites excluding steroid dienone is 3. The molecule has 1 aromatic carbocycles. The maximum absolute atomic E-state index is 14.9. The summed E-state index contributed by atoms with van der Waals surface area (Å²) in [6, 6.07) is 4.66. The molecule has 1 rings (SSSR count). The maximum atomic E-state index is 14.9. The summed E-state index contributed by atoms with van der Waals surface area (Å²) in [5, 5.41) is 10.8. The molecule has 0 spiro atoms. The van der Waals surface area contributed by atoms with Crippen molar-refractivity contribution in [3.8, 4) is 5.75 Å². The van der Waals surface area contributed by atoms with Crippen molar-refractivity contribution in [2.24, 2.45) is 5.92 Å². The fourth-order valence-electron chi connectivity index (χ4n) is 6.04. The van der Waals surface area contributed by atoms with Crippen molar-refractivity contribution in [2.45, 2.75) is 139 Å². The Kier molecular flexibility index (Phi) is 18.3. The molecule has 1 aromatic rings. The molecule has 0 amide bonds. The zero-order valence-electron chi connectivity index (χ0n) is 33.3. The number of alkyl halides is 17. The number of benzene rings is 1. The molecule has 60 heavy (non-hydrogen) atoms. The van der Waals surface area contributed by atoms with Crippen molar-refractivity contribution in [3.05, 3.63) is 53.6 Å². The molecule has 1 N–H and O–H groups in total. The van der Waals surface area contributed by atoms with Gasteiger partial charge in [0.2, 0.25) is 0 Å². The van der Waals surface area contributed by atoms with Gasteiger partial charge >= 0.3 is 53.6 Å². The number of esters is 1. The van der Waals surface area contributed by atoms with Gasteiger partial charge in [-0.2, -0.15) is 74.6 Å². The second-order valence-electron chi connectivity index (χ2n) is 14.7. The molecule has 348 valence electrons. The lowest BCUT2D eigenvalue weighted by Gasteiger charge is -2.44. The lowest BCUT2D eigenvalue weighted by molar-refractivity contribution is -0.461. The predicted molar refractivity (Wildman–Crippen MR) is 187 cm³/mol. The summed E-state index contributed by atoms with van der Waals surface area (Å²) >= 11 is 0. The Bertz CT molecular complexity index is 1590. The first-order chi connectivity index (χ1) is 27.0. The third kappa shape index (κ3) is 11.3. The van der Waals surface area contributed by atoms with Crippen LogP contribution in [0.3, 0.4) is 0 Å². The zero-order chi connectivity index (χ0) is 47.1. The monoisotopic (exact) mass is 922 g/mol. The van der Waals surface area contributed by atoms with Crippen molar-refractivity contribution in [3.63, 3.8) is 0 Å². The molecule has 5 nitrogen and oxygen atoms in total. The van der Waals surface area contributed by atoms with E-state index in [4.69, 9.17) is 13.9 Å². The van der Waals surface area contributed by atoms with Crippen molar-refractivity contribution in [1.82, 2.24) is 0 Å². The second-order valence-corrected chi connectivity index (χ2v) is 19.7.